The molecule has 0 aliphatic carbocycles. The van der Waals surface area contributed by atoms with Crippen molar-refractivity contribution in [3.63, 3.8) is 0 Å². The molecule has 1 amide bonds. The number of nitrogens with one attached hydrogen (secondary N) is 2. The smallest absolute Gasteiger partial charge is 0.410 e. The average molecular weight is 541 g/mol. The van der Waals surface area contributed by atoms with Crippen LogP contribution in [0.3, 0.4) is 0 Å². The highest BCUT2D eigenvalue weighted by atomic mass is 127. The van der Waals surface area contributed by atoms with Gasteiger partial charge in [-0.3, -0.25) is 9.89 Å². The normalized spacial score (nSPS) is 23.1. The number of amides is 1. The summed E-state index contributed by atoms with van der Waals surface area (Å²) >= 11 is 0. The van der Waals surface area contributed by atoms with Crippen LogP contribution < -0.4 is 10.6 Å². The number of aliphatic hydroxyl groups excluding tert-OH is 1. The van der Waals surface area contributed by atoms with Crippen LogP contribution in [-0.2, 0) is 9.47 Å². The number of nitrogens with zero attached hydrogens (tertiary/aromatic N) is 3. The van der Waals surface area contributed by atoms with Crippen molar-refractivity contribution in [2.24, 2.45) is 10.4 Å². The first-order chi connectivity index (χ1) is 13.8. The molecule has 2 fully saturated rings. The van der Waals surface area contributed by atoms with Crippen LogP contribution in [0.1, 0.15) is 33.6 Å². The first-order valence-corrected chi connectivity index (χ1v) is 10.6. The van der Waals surface area contributed by atoms with E-state index in [1.165, 1.54) is 0 Å². The lowest BCUT2D eigenvalue weighted by Crippen LogP contribution is -2.52. The molecule has 1 atom stereocenters. The van der Waals surface area contributed by atoms with E-state index >= 15 is 0 Å². The molecule has 3 N–H and O–H groups in total. The molecule has 2 heterocycles. The van der Waals surface area contributed by atoms with E-state index in [2.05, 4.69) is 20.5 Å². The number of hydrogen-bond donors (Lipinski definition) is 3. The Hall–Kier alpha value is -0.850. The molecule has 0 aromatic heterocycles. The molecular weight excluding hydrogens is 501 g/mol. The Balaban J connectivity index is 0.00000450. The number of halogens is 1. The van der Waals surface area contributed by atoms with E-state index in [9.17, 15) is 9.90 Å². The quantitative estimate of drug-likeness (QED) is 0.253. The maximum atomic E-state index is 12.1. The molecule has 0 saturated carbocycles. The Morgan fingerprint density at radius 2 is 1.93 bits per heavy atom. The molecule has 0 radical (unpaired) electrons. The van der Waals surface area contributed by atoms with Crippen LogP contribution in [0.25, 0.3) is 0 Å². The standard InChI is InChI=1S/C20H39N5O4.HI/c1-19(2,3)29-18(27)25-11-9-24(10-12-25)8-7-22-17(21-4)23-15-20(5-13-26)6-14-28-16-20;/h26H,5-16H2,1-4H3,(H2,21,22,23);1H. The lowest BCUT2D eigenvalue weighted by Gasteiger charge is -2.35. The fourth-order valence-electron chi connectivity index (χ4n) is 3.62. The van der Waals surface area contributed by atoms with Crippen molar-refractivity contribution < 1.29 is 19.4 Å². The summed E-state index contributed by atoms with van der Waals surface area (Å²) in [5.74, 6) is 0.765. The maximum absolute atomic E-state index is 12.1. The number of guanidine groups is 1. The first kappa shape index (κ1) is 27.2. The molecule has 176 valence electrons. The molecule has 30 heavy (non-hydrogen) atoms. The third-order valence-electron chi connectivity index (χ3n) is 5.43. The predicted octanol–water partition coefficient (Wildman–Crippen LogP) is 1.11. The zero-order chi connectivity index (χ0) is 21.3. The summed E-state index contributed by atoms with van der Waals surface area (Å²) in [5.41, 5.74) is -0.467. The summed E-state index contributed by atoms with van der Waals surface area (Å²) in [6.07, 6.45) is 1.46. The molecule has 0 spiro atoms. The van der Waals surface area contributed by atoms with Gasteiger partial charge in [-0.1, -0.05) is 0 Å². The first-order valence-electron chi connectivity index (χ1n) is 10.6. The number of ether oxygens (including phenoxy) is 2. The van der Waals surface area contributed by atoms with Gasteiger partial charge in [-0.25, -0.2) is 4.79 Å². The molecule has 1 unspecified atom stereocenters. The molecule has 9 nitrogen and oxygen atoms in total. The van der Waals surface area contributed by atoms with E-state index in [0.717, 1.165) is 58.1 Å². The number of piperazine rings is 1. The van der Waals surface area contributed by atoms with E-state index < -0.39 is 5.60 Å². The average Bonchev–Trinajstić information content (AvgIpc) is 3.12. The van der Waals surface area contributed by atoms with E-state index in [-0.39, 0.29) is 42.1 Å². The van der Waals surface area contributed by atoms with E-state index in [1.807, 2.05) is 20.8 Å². The molecule has 0 bridgehead atoms. The fourth-order valence-corrected chi connectivity index (χ4v) is 3.62. The SMILES string of the molecule is CN=C(NCCN1CCN(C(=O)OC(C)(C)C)CC1)NCC1(CCO)CCOC1.I. The summed E-state index contributed by atoms with van der Waals surface area (Å²) in [6.45, 7) is 12.7. The summed E-state index contributed by atoms with van der Waals surface area (Å²) in [4.78, 5) is 20.5. The Labute approximate surface area is 198 Å². The lowest BCUT2D eigenvalue weighted by molar-refractivity contribution is 0.0147. The number of hydrogen-bond acceptors (Lipinski definition) is 6. The van der Waals surface area contributed by atoms with Crippen LogP contribution in [-0.4, -0.2) is 105 Å². The van der Waals surface area contributed by atoms with Crippen LogP contribution in [0.2, 0.25) is 0 Å². The van der Waals surface area contributed by atoms with Gasteiger partial charge >= 0.3 is 6.09 Å². The van der Waals surface area contributed by atoms with E-state index in [1.54, 1.807) is 11.9 Å². The van der Waals surface area contributed by atoms with Crippen LogP contribution in [0.15, 0.2) is 4.99 Å². The van der Waals surface area contributed by atoms with E-state index in [4.69, 9.17) is 9.47 Å². The lowest BCUT2D eigenvalue weighted by atomic mass is 9.84. The van der Waals surface area contributed by atoms with Gasteiger partial charge in [0.1, 0.15) is 5.60 Å². The second kappa shape index (κ2) is 12.9. The minimum atomic E-state index is -0.457. The molecule has 0 aromatic rings. The highest BCUT2D eigenvalue weighted by Gasteiger charge is 2.34. The molecule has 10 heteroatoms. The molecule has 2 aliphatic rings. The zero-order valence-corrected chi connectivity index (χ0v) is 21.2. The van der Waals surface area contributed by atoms with Crippen molar-refractivity contribution in [3.05, 3.63) is 0 Å². The highest BCUT2D eigenvalue weighted by Crippen LogP contribution is 2.31. The van der Waals surface area contributed by atoms with Gasteiger partial charge in [0.05, 0.1) is 6.61 Å². The molecular formula is C20H40IN5O4. The summed E-state index contributed by atoms with van der Waals surface area (Å²) in [7, 11) is 1.76. The Bertz CT molecular complexity index is 542. The van der Waals surface area contributed by atoms with Gasteiger partial charge in [-0.2, -0.15) is 0 Å². The van der Waals surface area contributed by atoms with Crippen molar-refractivity contribution in [1.29, 1.82) is 0 Å². The summed E-state index contributed by atoms with van der Waals surface area (Å²) < 4.78 is 11.0. The fraction of sp³-hybridized carbons (Fsp3) is 0.900. The number of aliphatic hydroxyl groups is 1. The second-order valence-corrected chi connectivity index (χ2v) is 8.94. The third kappa shape index (κ3) is 9.11. The third-order valence-corrected chi connectivity index (χ3v) is 5.43. The largest absolute Gasteiger partial charge is 0.444 e. The number of carbonyl (C=O) groups is 1. The summed E-state index contributed by atoms with van der Waals surface area (Å²) in [5, 5.41) is 16.1. The molecule has 0 aromatic carbocycles. The van der Waals surface area contributed by atoms with Gasteiger partial charge < -0.3 is 30.1 Å². The zero-order valence-electron chi connectivity index (χ0n) is 18.9. The number of rotatable bonds is 7. The van der Waals surface area contributed by atoms with Crippen LogP contribution in [0, 0.1) is 5.41 Å². The topological polar surface area (TPSA) is 98.7 Å². The van der Waals surface area contributed by atoms with Gasteiger partial charge in [0.15, 0.2) is 5.96 Å². The Morgan fingerprint density at radius 3 is 2.47 bits per heavy atom. The van der Waals surface area contributed by atoms with Gasteiger partial charge in [0, 0.05) is 71.5 Å². The van der Waals surface area contributed by atoms with Gasteiger partial charge in [-0.15, -0.1) is 24.0 Å². The number of aliphatic imine (C=N–C) groups is 1. The Morgan fingerprint density at radius 1 is 1.23 bits per heavy atom. The second-order valence-electron chi connectivity index (χ2n) is 8.94. The van der Waals surface area contributed by atoms with Crippen molar-refractivity contribution in [2.75, 3.05) is 72.7 Å². The van der Waals surface area contributed by atoms with Gasteiger partial charge in [0.25, 0.3) is 0 Å². The molecule has 2 saturated heterocycles. The number of carbonyl (C=O) groups excluding carboxylic acids is 1. The predicted molar refractivity (Wildman–Crippen MR) is 129 cm³/mol. The van der Waals surface area contributed by atoms with Crippen molar-refractivity contribution >= 4 is 36.0 Å². The van der Waals surface area contributed by atoms with Crippen LogP contribution >= 0.6 is 24.0 Å². The minimum Gasteiger partial charge on any atom is -0.444 e. The van der Waals surface area contributed by atoms with Gasteiger partial charge in [-0.05, 0) is 33.6 Å². The van der Waals surface area contributed by atoms with Crippen molar-refractivity contribution in [1.82, 2.24) is 20.4 Å². The Kier molecular flexibility index (Phi) is 11.7. The molecule has 2 rings (SSSR count). The monoisotopic (exact) mass is 541 g/mol. The molecule has 2 aliphatic heterocycles. The van der Waals surface area contributed by atoms with Crippen LogP contribution in [0.4, 0.5) is 4.79 Å². The summed E-state index contributed by atoms with van der Waals surface area (Å²) in [6, 6.07) is 0. The minimum absolute atomic E-state index is 0. The van der Waals surface area contributed by atoms with E-state index in [0.29, 0.717) is 19.7 Å². The maximum Gasteiger partial charge on any atom is 0.410 e. The van der Waals surface area contributed by atoms with Crippen molar-refractivity contribution in [3.8, 4) is 0 Å². The highest BCUT2D eigenvalue weighted by molar-refractivity contribution is 14.0. The van der Waals surface area contributed by atoms with Crippen LogP contribution in [0.5, 0.6) is 0 Å². The van der Waals surface area contributed by atoms with Crippen molar-refractivity contribution in [2.45, 2.75) is 39.2 Å². The van der Waals surface area contributed by atoms with Gasteiger partial charge in [0.2, 0.25) is 0 Å².